The Morgan fingerprint density at radius 2 is 1.68 bits per heavy atom. The maximum Gasteiger partial charge on any atom is 0.237 e. The van der Waals surface area contributed by atoms with Crippen LogP contribution in [0.25, 0.3) is 0 Å². The lowest BCUT2D eigenvalue weighted by atomic mass is 10.3. The van der Waals surface area contributed by atoms with Crippen molar-refractivity contribution in [3.05, 3.63) is 0 Å². The highest BCUT2D eigenvalue weighted by Gasteiger charge is 2.25. The number of nitrogens with zero attached hydrogens (tertiary/aromatic N) is 4. The van der Waals surface area contributed by atoms with Crippen LogP contribution in [0.15, 0.2) is 0 Å². The standard InChI is InChI=1S/C14H30N4O3S/c1-5-16-9-11-17(12-10-16)14(19)13-18(22(4,20)21)8-6-7-15(2)3/h5-13H2,1-4H3. The molecule has 0 aromatic carbocycles. The molecule has 0 bridgehead atoms. The van der Waals surface area contributed by atoms with Gasteiger partial charge in [0.1, 0.15) is 0 Å². The van der Waals surface area contributed by atoms with E-state index in [1.165, 1.54) is 10.6 Å². The molecule has 0 saturated carbocycles. The zero-order chi connectivity index (χ0) is 16.8. The summed E-state index contributed by atoms with van der Waals surface area (Å²) in [4.78, 5) is 18.4. The van der Waals surface area contributed by atoms with E-state index < -0.39 is 10.0 Å². The van der Waals surface area contributed by atoms with Crippen LogP contribution >= 0.6 is 0 Å². The molecule has 0 aliphatic carbocycles. The van der Waals surface area contributed by atoms with Gasteiger partial charge in [0, 0.05) is 32.7 Å². The Balaban J connectivity index is 2.53. The molecular formula is C14H30N4O3S. The Bertz CT molecular complexity index is 445. The molecule has 0 radical (unpaired) electrons. The molecule has 0 unspecified atom stereocenters. The van der Waals surface area contributed by atoms with Gasteiger partial charge in [-0.15, -0.1) is 0 Å². The fourth-order valence-electron chi connectivity index (χ4n) is 2.49. The van der Waals surface area contributed by atoms with Gasteiger partial charge in [0.15, 0.2) is 0 Å². The van der Waals surface area contributed by atoms with E-state index in [1.54, 1.807) is 4.90 Å². The van der Waals surface area contributed by atoms with E-state index in [0.29, 0.717) is 19.6 Å². The lowest BCUT2D eigenvalue weighted by Gasteiger charge is -2.35. The van der Waals surface area contributed by atoms with E-state index in [1.807, 2.05) is 19.0 Å². The van der Waals surface area contributed by atoms with Crippen LogP contribution in [0.2, 0.25) is 0 Å². The predicted octanol–water partition coefficient (Wildman–Crippen LogP) is -0.636. The first-order valence-corrected chi connectivity index (χ1v) is 9.69. The molecule has 1 rings (SSSR count). The molecule has 0 spiro atoms. The number of piperazine rings is 1. The highest BCUT2D eigenvalue weighted by molar-refractivity contribution is 7.88. The van der Waals surface area contributed by atoms with Crippen molar-refractivity contribution in [1.29, 1.82) is 0 Å². The summed E-state index contributed by atoms with van der Waals surface area (Å²) in [6.45, 7) is 7.33. The molecule has 1 aliphatic heterocycles. The van der Waals surface area contributed by atoms with Gasteiger partial charge in [0.05, 0.1) is 12.8 Å². The van der Waals surface area contributed by atoms with Crippen molar-refractivity contribution in [2.45, 2.75) is 13.3 Å². The highest BCUT2D eigenvalue weighted by atomic mass is 32.2. The number of hydrogen-bond acceptors (Lipinski definition) is 5. The number of carbonyl (C=O) groups is 1. The first-order chi connectivity index (χ1) is 10.2. The topological polar surface area (TPSA) is 64.2 Å². The average molecular weight is 334 g/mol. The van der Waals surface area contributed by atoms with E-state index >= 15 is 0 Å². The number of likely N-dealkylation sites (N-methyl/N-ethyl adjacent to an activating group) is 1. The number of hydrogen-bond donors (Lipinski definition) is 0. The largest absolute Gasteiger partial charge is 0.339 e. The lowest BCUT2D eigenvalue weighted by molar-refractivity contribution is -0.133. The van der Waals surface area contributed by atoms with Crippen molar-refractivity contribution < 1.29 is 13.2 Å². The van der Waals surface area contributed by atoms with Gasteiger partial charge >= 0.3 is 0 Å². The molecule has 1 amide bonds. The zero-order valence-corrected chi connectivity index (χ0v) is 15.1. The van der Waals surface area contributed by atoms with Gasteiger partial charge in [0.25, 0.3) is 0 Å². The molecule has 7 nitrogen and oxygen atoms in total. The van der Waals surface area contributed by atoms with Crippen LogP contribution in [0.1, 0.15) is 13.3 Å². The summed E-state index contributed by atoms with van der Waals surface area (Å²) < 4.78 is 25.0. The fraction of sp³-hybridized carbons (Fsp3) is 0.929. The van der Waals surface area contributed by atoms with Crippen molar-refractivity contribution in [2.24, 2.45) is 0 Å². The maximum atomic E-state index is 12.3. The molecule has 0 aromatic rings. The summed E-state index contributed by atoms with van der Waals surface area (Å²) >= 11 is 0. The van der Waals surface area contributed by atoms with Crippen LogP contribution in [0, 0.1) is 0 Å². The minimum atomic E-state index is -3.36. The summed E-state index contributed by atoms with van der Waals surface area (Å²) in [5, 5.41) is 0. The zero-order valence-electron chi connectivity index (χ0n) is 14.3. The van der Waals surface area contributed by atoms with Crippen LogP contribution in [0.3, 0.4) is 0 Å². The summed E-state index contributed by atoms with van der Waals surface area (Å²) in [6.07, 6.45) is 1.89. The van der Waals surface area contributed by atoms with Gasteiger partial charge in [-0.2, -0.15) is 4.31 Å². The number of sulfonamides is 1. The van der Waals surface area contributed by atoms with Crippen LogP contribution < -0.4 is 0 Å². The van der Waals surface area contributed by atoms with Gasteiger partial charge < -0.3 is 14.7 Å². The Labute approximate surface area is 134 Å². The summed E-state index contributed by atoms with van der Waals surface area (Å²) in [7, 11) is 0.540. The van der Waals surface area contributed by atoms with Crippen molar-refractivity contribution in [3.8, 4) is 0 Å². The number of rotatable bonds is 8. The second kappa shape index (κ2) is 8.81. The molecule has 0 aromatic heterocycles. The third-order valence-electron chi connectivity index (χ3n) is 3.97. The molecule has 0 N–H and O–H groups in total. The first-order valence-electron chi connectivity index (χ1n) is 7.84. The lowest BCUT2D eigenvalue weighted by Crippen LogP contribution is -2.51. The SMILES string of the molecule is CCN1CCN(C(=O)CN(CCCN(C)C)S(C)(=O)=O)CC1. The van der Waals surface area contributed by atoms with Crippen molar-refractivity contribution in [2.75, 3.05) is 72.7 Å². The molecule has 130 valence electrons. The minimum absolute atomic E-state index is 0.0433. The highest BCUT2D eigenvalue weighted by Crippen LogP contribution is 2.06. The molecule has 1 heterocycles. The third kappa shape index (κ3) is 6.60. The molecule has 1 saturated heterocycles. The van der Waals surface area contributed by atoms with E-state index in [-0.39, 0.29) is 12.5 Å². The van der Waals surface area contributed by atoms with Crippen molar-refractivity contribution >= 4 is 15.9 Å². The summed E-state index contributed by atoms with van der Waals surface area (Å²) in [5.41, 5.74) is 0. The monoisotopic (exact) mass is 334 g/mol. The Kier molecular flexibility index (Phi) is 7.75. The molecule has 0 atom stereocenters. The average Bonchev–Trinajstić information content (AvgIpc) is 2.44. The van der Waals surface area contributed by atoms with Gasteiger partial charge in [-0.1, -0.05) is 6.92 Å². The van der Waals surface area contributed by atoms with Gasteiger partial charge in [-0.05, 0) is 33.6 Å². The Hall–Kier alpha value is -0.700. The van der Waals surface area contributed by atoms with Crippen molar-refractivity contribution in [3.63, 3.8) is 0 Å². The first kappa shape index (κ1) is 19.3. The van der Waals surface area contributed by atoms with E-state index in [2.05, 4.69) is 11.8 Å². The summed E-state index contributed by atoms with van der Waals surface area (Å²) in [5.74, 6) is -0.0916. The number of amides is 1. The van der Waals surface area contributed by atoms with Crippen LogP contribution in [-0.4, -0.2) is 106 Å². The van der Waals surface area contributed by atoms with E-state index in [0.717, 1.165) is 32.6 Å². The quantitative estimate of drug-likeness (QED) is 0.591. The van der Waals surface area contributed by atoms with Crippen molar-refractivity contribution in [1.82, 2.24) is 19.0 Å². The van der Waals surface area contributed by atoms with Gasteiger partial charge in [-0.25, -0.2) is 8.42 Å². The normalized spacial score (nSPS) is 17.5. The number of carbonyl (C=O) groups excluding carboxylic acids is 1. The summed E-state index contributed by atoms with van der Waals surface area (Å²) in [6, 6.07) is 0. The van der Waals surface area contributed by atoms with Gasteiger partial charge in [-0.3, -0.25) is 4.79 Å². The van der Waals surface area contributed by atoms with E-state index in [9.17, 15) is 13.2 Å². The third-order valence-corrected chi connectivity index (χ3v) is 5.22. The Morgan fingerprint density at radius 3 is 2.14 bits per heavy atom. The molecule has 1 fully saturated rings. The molecule has 22 heavy (non-hydrogen) atoms. The minimum Gasteiger partial charge on any atom is -0.339 e. The second-order valence-electron chi connectivity index (χ2n) is 6.07. The fourth-order valence-corrected chi connectivity index (χ4v) is 3.30. The Morgan fingerprint density at radius 1 is 1.09 bits per heavy atom. The molecular weight excluding hydrogens is 304 g/mol. The molecule has 8 heteroatoms. The smallest absolute Gasteiger partial charge is 0.237 e. The molecule has 1 aliphatic rings. The second-order valence-corrected chi connectivity index (χ2v) is 8.05. The van der Waals surface area contributed by atoms with Gasteiger partial charge in [0.2, 0.25) is 15.9 Å². The van der Waals surface area contributed by atoms with Crippen LogP contribution in [0.4, 0.5) is 0 Å². The predicted molar refractivity (Wildman–Crippen MR) is 88.3 cm³/mol. The maximum absolute atomic E-state index is 12.3. The van der Waals surface area contributed by atoms with E-state index in [4.69, 9.17) is 0 Å². The van der Waals surface area contributed by atoms with Crippen LogP contribution in [0.5, 0.6) is 0 Å². The van der Waals surface area contributed by atoms with Crippen LogP contribution in [-0.2, 0) is 14.8 Å².